The van der Waals surface area contributed by atoms with E-state index >= 15 is 0 Å². The molecule has 33 heavy (non-hydrogen) atoms. The van der Waals surface area contributed by atoms with Crippen LogP contribution in [0.15, 0.2) is 54.6 Å². The number of nitrogens with zero attached hydrogens (tertiary/aromatic N) is 1. The zero-order valence-electron chi connectivity index (χ0n) is 18.6. The number of fused-ring (bicyclic) bond motifs is 1. The Morgan fingerprint density at radius 1 is 0.970 bits per heavy atom. The largest absolute Gasteiger partial charge is 0.365 e. The zero-order chi connectivity index (χ0) is 24.1. The SMILES string of the molecule is CC(C)(CS(=O)(=O)OCCCN1C(=O)c2ccccc2C1=O)[C@H](C=O)OCc1ccccc1. The number of imide groups is 1. The highest BCUT2D eigenvalue weighted by atomic mass is 32.2. The van der Waals surface area contributed by atoms with Crippen molar-refractivity contribution in [3.8, 4) is 0 Å². The van der Waals surface area contributed by atoms with Crippen LogP contribution in [0.3, 0.4) is 0 Å². The van der Waals surface area contributed by atoms with Crippen molar-refractivity contribution in [3.05, 3.63) is 71.3 Å². The molecule has 0 aliphatic carbocycles. The number of hydrogen-bond donors (Lipinski definition) is 0. The molecular formula is C24H27NO7S. The third-order valence-electron chi connectivity index (χ3n) is 5.38. The first-order valence-corrected chi connectivity index (χ1v) is 12.2. The fraction of sp³-hybridized carbons (Fsp3) is 0.375. The van der Waals surface area contributed by atoms with E-state index in [1.165, 1.54) is 0 Å². The number of aldehydes is 1. The van der Waals surface area contributed by atoms with E-state index < -0.39 is 39.2 Å². The maximum Gasteiger partial charge on any atom is 0.267 e. The van der Waals surface area contributed by atoms with Crippen LogP contribution < -0.4 is 0 Å². The Labute approximate surface area is 193 Å². The first-order chi connectivity index (χ1) is 15.6. The van der Waals surface area contributed by atoms with Gasteiger partial charge in [0.2, 0.25) is 0 Å². The average Bonchev–Trinajstić information content (AvgIpc) is 3.02. The Balaban J connectivity index is 1.49. The highest BCUT2D eigenvalue weighted by molar-refractivity contribution is 7.86. The Bertz CT molecular complexity index is 1080. The number of rotatable bonds is 12. The number of amides is 2. The summed E-state index contributed by atoms with van der Waals surface area (Å²) >= 11 is 0. The van der Waals surface area contributed by atoms with E-state index in [1.54, 1.807) is 38.1 Å². The molecule has 1 aliphatic heterocycles. The molecule has 0 bridgehead atoms. The second-order valence-electron chi connectivity index (χ2n) is 8.53. The molecule has 2 aromatic carbocycles. The summed E-state index contributed by atoms with van der Waals surface area (Å²) in [6.07, 6.45) is -0.192. The predicted molar refractivity (Wildman–Crippen MR) is 121 cm³/mol. The van der Waals surface area contributed by atoms with Crippen LogP contribution in [0, 0.1) is 5.41 Å². The molecule has 176 valence electrons. The molecule has 9 heteroatoms. The second kappa shape index (κ2) is 10.4. The highest BCUT2D eigenvalue weighted by Gasteiger charge is 2.37. The molecule has 0 aromatic heterocycles. The van der Waals surface area contributed by atoms with Gasteiger partial charge in [0.05, 0.1) is 30.1 Å². The van der Waals surface area contributed by atoms with Gasteiger partial charge in [0.25, 0.3) is 21.9 Å². The van der Waals surface area contributed by atoms with E-state index in [0.29, 0.717) is 17.4 Å². The lowest BCUT2D eigenvalue weighted by molar-refractivity contribution is -0.125. The molecule has 3 rings (SSSR count). The minimum atomic E-state index is -3.98. The molecule has 2 aromatic rings. The van der Waals surface area contributed by atoms with Gasteiger partial charge in [-0.05, 0) is 24.1 Å². The van der Waals surface area contributed by atoms with Gasteiger partial charge in [-0.3, -0.25) is 18.7 Å². The lowest BCUT2D eigenvalue weighted by Crippen LogP contribution is -2.39. The van der Waals surface area contributed by atoms with Crippen molar-refractivity contribution in [1.29, 1.82) is 0 Å². The fourth-order valence-corrected chi connectivity index (χ4v) is 5.17. The molecule has 1 aliphatic rings. The van der Waals surface area contributed by atoms with Crippen LogP contribution in [-0.4, -0.2) is 56.4 Å². The van der Waals surface area contributed by atoms with Crippen molar-refractivity contribution in [1.82, 2.24) is 4.90 Å². The van der Waals surface area contributed by atoms with Crippen molar-refractivity contribution >= 4 is 28.2 Å². The first kappa shape index (κ1) is 24.8. The molecule has 0 fully saturated rings. The molecule has 8 nitrogen and oxygen atoms in total. The summed E-state index contributed by atoms with van der Waals surface area (Å²) in [5.41, 5.74) is 0.520. The van der Waals surface area contributed by atoms with Crippen molar-refractivity contribution in [2.24, 2.45) is 5.41 Å². The van der Waals surface area contributed by atoms with Gasteiger partial charge in [-0.1, -0.05) is 56.3 Å². The van der Waals surface area contributed by atoms with Crippen LogP contribution in [0.1, 0.15) is 46.5 Å². The number of carbonyl (C=O) groups is 3. The van der Waals surface area contributed by atoms with Gasteiger partial charge in [0.15, 0.2) is 0 Å². The summed E-state index contributed by atoms with van der Waals surface area (Å²) in [5, 5.41) is 0. The number of carbonyl (C=O) groups excluding carboxylic acids is 3. The molecule has 0 N–H and O–H groups in total. The molecule has 0 saturated carbocycles. The molecule has 0 saturated heterocycles. The number of hydrogen-bond acceptors (Lipinski definition) is 7. The number of benzene rings is 2. The van der Waals surface area contributed by atoms with Gasteiger partial charge in [0, 0.05) is 12.0 Å². The predicted octanol–water partition coefficient (Wildman–Crippen LogP) is 2.83. The smallest absolute Gasteiger partial charge is 0.267 e. The van der Waals surface area contributed by atoms with Gasteiger partial charge in [-0.25, -0.2) is 0 Å². The third kappa shape index (κ3) is 6.13. The van der Waals surface area contributed by atoms with E-state index in [2.05, 4.69) is 0 Å². The standard InChI is InChI=1S/C24H27NO7S/c1-24(2,21(15-26)31-16-18-9-4-3-5-10-18)17-33(29,30)32-14-8-13-25-22(27)19-11-6-7-12-20(19)23(25)28/h3-7,9-12,15,21H,8,13-14,16-17H2,1-2H3/t21-/m0/s1. The molecule has 1 atom stereocenters. The summed E-state index contributed by atoms with van der Waals surface area (Å²) in [6.45, 7) is 3.27. The number of ether oxygens (including phenoxy) is 1. The van der Waals surface area contributed by atoms with Crippen molar-refractivity contribution in [3.63, 3.8) is 0 Å². The van der Waals surface area contributed by atoms with E-state index in [1.807, 2.05) is 30.3 Å². The van der Waals surface area contributed by atoms with Gasteiger partial charge in [-0.2, -0.15) is 8.42 Å². The lowest BCUT2D eigenvalue weighted by atomic mass is 9.89. The van der Waals surface area contributed by atoms with Gasteiger partial charge in [0.1, 0.15) is 12.4 Å². The van der Waals surface area contributed by atoms with Crippen LogP contribution in [0.5, 0.6) is 0 Å². The molecule has 0 unspecified atom stereocenters. The fourth-order valence-electron chi connectivity index (χ4n) is 3.64. The van der Waals surface area contributed by atoms with Gasteiger partial charge in [-0.15, -0.1) is 0 Å². The van der Waals surface area contributed by atoms with Crippen LogP contribution in [0.25, 0.3) is 0 Å². The topological polar surface area (TPSA) is 107 Å². The summed E-state index contributed by atoms with van der Waals surface area (Å²) in [6, 6.07) is 15.8. The third-order valence-corrected chi connectivity index (χ3v) is 7.01. The van der Waals surface area contributed by atoms with Gasteiger partial charge < -0.3 is 9.53 Å². The minimum Gasteiger partial charge on any atom is -0.365 e. The highest BCUT2D eigenvalue weighted by Crippen LogP contribution is 2.26. The maximum atomic E-state index is 12.5. The Morgan fingerprint density at radius 3 is 2.12 bits per heavy atom. The van der Waals surface area contributed by atoms with Crippen molar-refractivity contribution in [2.45, 2.75) is 33.0 Å². The van der Waals surface area contributed by atoms with E-state index in [9.17, 15) is 22.8 Å². The molecular weight excluding hydrogens is 446 g/mol. The molecule has 2 amide bonds. The second-order valence-corrected chi connectivity index (χ2v) is 10.2. The Hall–Kier alpha value is -2.88. The molecule has 0 radical (unpaired) electrons. The van der Waals surface area contributed by atoms with E-state index in [4.69, 9.17) is 8.92 Å². The summed E-state index contributed by atoms with van der Waals surface area (Å²) in [7, 11) is -3.98. The Morgan fingerprint density at radius 2 is 1.55 bits per heavy atom. The average molecular weight is 474 g/mol. The monoisotopic (exact) mass is 473 g/mol. The van der Waals surface area contributed by atoms with Gasteiger partial charge >= 0.3 is 0 Å². The van der Waals surface area contributed by atoms with E-state index in [-0.39, 0.29) is 26.2 Å². The summed E-state index contributed by atoms with van der Waals surface area (Å²) in [5.74, 6) is -1.22. The summed E-state index contributed by atoms with van der Waals surface area (Å²) < 4.78 is 35.8. The molecule has 0 spiro atoms. The van der Waals surface area contributed by atoms with Crippen LogP contribution in [0.4, 0.5) is 0 Å². The molecule has 1 heterocycles. The first-order valence-electron chi connectivity index (χ1n) is 10.6. The quantitative estimate of drug-likeness (QED) is 0.202. The van der Waals surface area contributed by atoms with E-state index in [0.717, 1.165) is 10.5 Å². The maximum absolute atomic E-state index is 12.5. The van der Waals surface area contributed by atoms with Crippen LogP contribution >= 0.6 is 0 Å². The normalized spacial score (nSPS) is 14.9. The van der Waals surface area contributed by atoms with Crippen molar-refractivity contribution in [2.75, 3.05) is 18.9 Å². The summed E-state index contributed by atoms with van der Waals surface area (Å²) in [4.78, 5) is 37.4. The lowest BCUT2D eigenvalue weighted by Gasteiger charge is -2.30. The minimum absolute atomic E-state index is 0.0441. The van der Waals surface area contributed by atoms with Crippen LogP contribution in [-0.2, 0) is 30.4 Å². The zero-order valence-corrected chi connectivity index (χ0v) is 19.4. The van der Waals surface area contributed by atoms with Crippen LogP contribution in [0.2, 0.25) is 0 Å². The van der Waals surface area contributed by atoms with Crippen molar-refractivity contribution < 1.29 is 31.7 Å². The Kier molecular flexibility index (Phi) is 7.78.